The average molecular weight is 419 g/mol. The summed E-state index contributed by atoms with van der Waals surface area (Å²) in [4.78, 5) is 23.7. The molecule has 0 atom stereocenters. The molecule has 0 saturated heterocycles. The van der Waals surface area contributed by atoms with Gasteiger partial charge in [0.15, 0.2) is 0 Å². The molecule has 2 heterocycles. The number of carbonyl (C=O) groups is 1. The summed E-state index contributed by atoms with van der Waals surface area (Å²) in [7, 11) is 0. The minimum Gasteiger partial charge on any atom is -0.542 e. The number of rotatable bonds is 6. The minimum atomic E-state index is -1.40. The van der Waals surface area contributed by atoms with Crippen LogP contribution in [-0.4, -0.2) is 5.97 Å². The summed E-state index contributed by atoms with van der Waals surface area (Å²) >= 11 is 0. The Labute approximate surface area is 177 Å². The van der Waals surface area contributed by atoms with Crippen LogP contribution >= 0.6 is 0 Å². The highest BCUT2D eigenvalue weighted by Gasteiger charge is 2.14. The summed E-state index contributed by atoms with van der Waals surface area (Å²) in [5, 5.41) is 11.1. The number of aryl methyl sites for hydroxylation is 2. The molecule has 7 nitrogen and oxygen atoms in total. The second-order valence-electron chi connectivity index (χ2n) is 7.18. The van der Waals surface area contributed by atoms with Gasteiger partial charge in [0, 0.05) is 6.07 Å². The van der Waals surface area contributed by atoms with Gasteiger partial charge in [0.1, 0.15) is 47.4 Å². The van der Waals surface area contributed by atoms with E-state index >= 15 is 0 Å². The van der Waals surface area contributed by atoms with Gasteiger partial charge >= 0.3 is 0 Å². The molecule has 158 valence electrons. The van der Waals surface area contributed by atoms with Gasteiger partial charge < -0.3 is 28.2 Å². The van der Waals surface area contributed by atoms with Crippen LogP contribution in [0.25, 0.3) is 11.0 Å². The van der Waals surface area contributed by atoms with Gasteiger partial charge in [-0.3, -0.25) is 4.79 Å². The largest absolute Gasteiger partial charge is 0.542 e. The SMILES string of the molecule is Cc1ccc(C)c(Oc2coc3cc(OCc4ccc(C(=O)[O-])o4)ccc3c2=O)c1C. The summed E-state index contributed by atoms with van der Waals surface area (Å²) in [6, 6.07) is 11.5. The van der Waals surface area contributed by atoms with Crippen LogP contribution in [0.3, 0.4) is 0 Å². The van der Waals surface area contributed by atoms with Gasteiger partial charge in [0.2, 0.25) is 11.2 Å². The fraction of sp³-hybridized carbons (Fsp3) is 0.167. The van der Waals surface area contributed by atoms with Crippen LogP contribution in [0.15, 0.2) is 62.4 Å². The third-order valence-corrected chi connectivity index (χ3v) is 5.04. The minimum absolute atomic E-state index is 0.0100. The van der Waals surface area contributed by atoms with Crippen molar-refractivity contribution in [3.63, 3.8) is 0 Å². The molecule has 31 heavy (non-hydrogen) atoms. The summed E-state index contributed by atoms with van der Waals surface area (Å²) < 4.78 is 22.2. The van der Waals surface area contributed by atoms with Crippen molar-refractivity contribution in [1.82, 2.24) is 0 Å². The number of hydrogen-bond acceptors (Lipinski definition) is 7. The monoisotopic (exact) mass is 419 g/mol. The number of furan rings is 1. The third kappa shape index (κ3) is 4.02. The molecular formula is C24H19O7-. The van der Waals surface area contributed by atoms with Crippen molar-refractivity contribution in [2.75, 3.05) is 0 Å². The molecule has 0 aliphatic rings. The summed E-state index contributed by atoms with van der Waals surface area (Å²) in [5.74, 6) is -0.165. The summed E-state index contributed by atoms with van der Waals surface area (Å²) in [6.45, 7) is 5.85. The maximum absolute atomic E-state index is 12.9. The number of benzene rings is 2. The van der Waals surface area contributed by atoms with Gasteiger partial charge in [-0.25, -0.2) is 0 Å². The molecule has 4 aromatic rings. The van der Waals surface area contributed by atoms with Crippen molar-refractivity contribution in [1.29, 1.82) is 0 Å². The van der Waals surface area contributed by atoms with E-state index in [1.807, 2.05) is 32.9 Å². The van der Waals surface area contributed by atoms with Crippen LogP contribution in [0, 0.1) is 20.8 Å². The topological polar surface area (TPSA) is 102 Å². The highest BCUT2D eigenvalue weighted by Crippen LogP contribution is 2.30. The lowest BCUT2D eigenvalue weighted by Crippen LogP contribution is -2.21. The molecule has 0 bridgehead atoms. The Hall–Kier alpha value is -4.00. The van der Waals surface area contributed by atoms with Crippen molar-refractivity contribution in [3.05, 3.63) is 87.2 Å². The number of carbonyl (C=O) groups excluding carboxylic acids is 1. The van der Waals surface area contributed by atoms with Crippen LogP contribution in [0.5, 0.6) is 17.2 Å². The number of hydrogen-bond donors (Lipinski definition) is 0. The van der Waals surface area contributed by atoms with Crippen molar-refractivity contribution in [3.8, 4) is 17.2 Å². The van der Waals surface area contributed by atoms with E-state index in [0.717, 1.165) is 16.7 Å². The molecule has 0 aliphatic heterocycles. The van der Waals surface area contributed by atoms with Crippen LogP contribution in [0.1, 0.15) is 33.0 Å². The van der Waals surface area contributed by atoms with Crippen molar-refractivity contribution in [2.24, 2.45) is 0 Å². The zero-order valence-corrected chi connectivity index (χ0v) is 17.2. The number of ether oxygens (including phenoxy) is 2. The number of aromatic carboxylic acids is 1. The molecule has 0 aliphatic carbocycles. The number of carboxylic acid groups (broad SMARTS) is 1. The Morgan fingerprint density at radius 2 is 1.81 bits per heavy atom. The zero-order chi connectivity index (χ0) is 22.1. The first-order valence-electron chi connectivity index (χ1n) is 9.56. The van der Waals surface area contributed by atoms with E-state index in [9.17, 15) is 14.7 Å². The Kier molecular flexibility index (Phi) is 5.25. The normalized spacial score (nSPS) is 10.9. The molecule has 0 saturated carbocycles. The first kappa shape index (κ1) is 20.3. The molecule has 2 aromatic carbocycles. The summed E-state index contributed by atoms with van der Waals surface area (Å²) in [6.07, 6.45) is 1.29. The Balaban J connectivity index is 1.57. The standard InChI is InChI=1S/C24H20O7/c1-13-4-5-14(2)23(15(13)3)31-21-12-29-20-10-16(6-8-18(20)22(21)25)28-11-17-7-9-19(30-17)24(26)27/h4-10,12H,11H2,1-3H3,(H,26,27)/p-1. The maximum atomic E-state index is 12.9. The van der Waals surface area contributed by atoms with E-state index in [4.69, 9.17) is 18.3 Å². The van der Waals surface area contributed by atoms with Crippen LogP contribution in [0.2, 0.25) is 0 Å². The van der Waals surface area contributed by atoms with Crippen LogP contribution < -0.4 is 20.0 Å². The van der Waals surface area contributed by atoms with E-state index in [0.29, 0.717) is 28.2 Å². The molecular weight excluding hydrogens is 400 g/mol. The van der Waals surface area contributed by atoms with Crippen LogP contribution in [0.4, 0.5) is 0 Å². The van der Waals surface area contributed by atoms with Gasteiger partial charge in [-0.1, -0.05) is 12.1 Å². The fourth-order valence-corrected chi connectivity index (χ4v) is 3.16. The highest BCUT2D eigenvalue weighted by atomic mass is 16.5. The highest BCUT2D eigenvalue weighted by molar-refractivity contribution is 5.82. The lowest BCUT2D eigenvalue weighted by atomic mass is 10.1. The smallest absolute Gasteiger partial charge is 0.235 e. The molecule has 0 spiro atoms. The average Bonchev–Trinajstić information content (AvgIpc) is 3.23. The first-order chi connectivity index (χ1) is 14.8. The molecule has 0 radical (unpaired) electrons. The molecule has 2 aromatic heterocycles. The Morgan fingerprint density at radius 1 is 1.03 bits per heavy atom. The third-order valence-electron chi connectivity index (χ3n) is 5.04. The lowest BCUT2D eigenvalue weighted by Gasteiger charge is -2.13. The van der Waals surface area contributed by atoms with Gasteiger partial charge in [-0.15, -0.1) is 0 Å². The Bertz CT molecular complexity index is 1340. The number of carboxylic acids is 1. The van der Waals surface area contributed by atoms with Gasteiger partial charge in [-0.2, -0.15) is 0 Å². The molecule has 0 fully saturated rings. The second-order valence-corrected chi connectivity index (χ2v) is 7.18. The Morgan fingerprint density at radius 3 is 2.55 bits per heavy atom. The van der Waals surface area contributed by atoms with Gasteiger partial charge in [0.25, 0.3) is 0 Å². The molecule has 0 N–H and O–H groups in total. The summed E-state index contributed by atoms with van der Waals surface area (Å²) in [5.41, 5.74) is 2.99. The fourth-order valence-electron chi connectivity index (χ4n) is 3.16. The van der Waals surface area contributed by atoms with Gasteiger partial charge in [0.05, 0.1) is 5.39 Å². The predicted molar refractivity (Wildman–Crippen MR) is 111 cm³/mol. The van der Waals surface area contributed by atoms with E-state index in [-0.39, 0.29) is 23.5 Å². The van der Waals surface area contributed by atoms with Crippen LogP contribution in [-0.2, 0) is 6.61 Å². The quantitative estimate of drug-likeness (QED) is 0.465. The van der Waals surface area contributed by atoms with Crippen molar-refractivity contribution in [2.45, 2.75) is 27.4 Å². The van der Waals surface area contributed by atoms with E-state index in [2.05, 4.69) is 0 Å². The molecule has 4 rings (SSSR count). The number of fused-ring (bicyclic) bond motifs is 1. The van der Waals surface area contributed by atoms with Crippen molar-refractivity contribution < 1.29 is 28.2 Å². The predicted octanol–water partition coefficient (Wildman–Crippen LogP) is 4.05. The molecule has 0 unspecified atom stereocenters. The van der Waals surface area contributed by atoms with E-state index in [1.54, 1.807) is 18.2 Å². The zero-order valence-electron chi connectivity index (χ0n) is 17.2. The van der Waals surface area contributed by atoms with E-state index < -0.39 is 5.97 Å². The maximum Gasteiger partial charge on any atom is 0.235 e. The lowest BCUT2D eigenvalue weighted by molar-refractivity contribution is -0.257. The molecule has 0 amide bonds. The second kappa shape index (κ2) is 8.02. The van der Waals surface area contributed by atoms with Gasteiger partial charge in [-0.05, 0) is 61.7 Å². The molecule has 7 heteroatoms. The first-order valence-corrected chi connectivity index (χ1v) is 9.56. The van der Waals surface area contributed by atoms with E-state index in [1.165, 1.54) is 18.4 Å². The van der Waals surface area contributed by atoms with Crippen molar-refractivity contribution >= 4 is 16.9 Å².